The molecule has 8 heteroatoms. The maximum Gasteiger partial charge on any atom is 0.277 e. The zero-order valence-corrected chi connectivity index (χ0v) is 14.2. The number of hydrogen-bond donors (Lipinski definition) is 1. The highest BCUT2D eigenvalue weighted by Gasteiger charge is 2.11. The Kier molecular flexibility index (Phi) is 5.04. The van der Waals surface area contributed by atoms with Gasteiger partial charge in [-0.2, -0.15) is 0 Å². The molecule has 0 saturated carbocycles. The molecule has 0 bridgehead atoms. The Hall–Kier alpha value is -2.19. The summed E-state index contributed by atoms with van der Waals surface area (Å²) in [5.41, 5.74) is 1.52. The van der Waals surface area contributed by atoms with Gasteiger partial charge in [0.25, 0.3) is 5.22 Å². The lowest BCUT2D eigenvalue weighted by Crippen LogP contribution is -2.13. The van der Waals surface area contributed by atoms with Gasteiger partial charge in [0.05, 0.1) is 5.75 Å². The molecule has 1 N–H and O–H groups in total. The third-order valence-corrected chi connectivity index (χ3v) is 4.08. The van der Waals surface area contributed by atoms with E-state index < -0.39 is 0 Å². The van der Waals surface area contributed by atoms with Crippen molar-refractivity contribution in [1.82, 2.24) is 15.2 Å². The number of amides is 1. The van der Waals surface area contributed by atoms with Gasteiger partial charge in [-0.25, -0.2) is 0 Å². The number of rotatable bonds is 5. The molecule has 3 rings (SSSR count). The van der Waals surface area contributed by atoms with Crippen molar-refractivity contribution in [2.45, 2.75) is 5.22 Å². The minimum Gasteiger partial charge on any atom is -0.411 e. The molecular weight excluding hydrogens is 380 g/mol. The number of pyridine rings is 1. The average Bonchev–Trinajstić information content (AvgIpc) is 3.03. The predicted molar refractivity (Wildman–Crippen MR) is 91.0 cm³/mol. The molecular formula is C15H11BrN4O2S. The zero-order chi connectivity index (χ0) is 16.1. The van der Waals surface area contributed by atoms with Crippen LogP contribution in [0.2, 0.25) is 0 Å². The number of aromatic nitrogens is 3. The number of benzene rings is 1. The zero-order valence-electron chi connectivity index (χ0n) is 11.8. The van der Waals surface area contributed by atoms with E-state index in [2.05, 4.69) is 36.4 Å². The second-order valence-corrected chi connectivity index (χ2v) is 6.30. The van der Waals surface area contributed by atoms with Gasteiger partial charge < -0.3 is 9.73 Å². The van der Waals surface area contributed by atoms with Crippen LogP contribution in [0.5, 0.6) is 0 Å². The van der Waals surface area contributed by atoms with Crippen LogP contribution in [0.3, 0.4) is 0 Å². The van der Waals surface area contributed by atoms with E-state index in [-0.39, 0.29) is 11.7 Å². The van der Waals surface area contributed by atoms with E-state index in [1.807, 2.05) is 24.3 Å². The van der Waals surface area contributed by atoms with Gasteiger partial charge in [-0.1, -0.05) is 33.8 Å². The van der Waals surface area contributed by atoms with E-state index in [9.17, 15) is 4.79 Å². The fourth-order valence-electron chi connectivity index (χ4n) is 1.77. The number of nitrogens with zero attached hydrogens (tertiary/aromatic N) is 3. The van der Waals surface area contributed by atoms with Gasteiger partial charge in [0, 0.05) is 28.1 Å². The topological polar surface area (TPSA) is 80.9 Å². The molecule has 0 aliphatic rings. The van der Waals surface area contributed by atoms with Crippen LogP contribution >= 0.6 is 27.7 Å². The highest BCUT2D eigenvalue weighted by Crippen LogP contribution is 2.23. The lowest BCUT2D eigenvalue weighted by Gasteiger charge is -2.04. The molecule has 0 atom stereocenters. The van der Waals surface area contributed by atoms with Gasteiger partial charge in [-0.15, -0.1) is 10.2 Å². The van der Waals surface area contributed by atoms with Crippen LogP contribution in [-0.2, 0) is 4.79 Å². The lowest BCUT2D eigenvalue weighted by atomic mass is 10.3. The summed E-state index contributed by atoms with van der Waals surface area (Å²) in [5, 5.41) is 11.0. The second-order valence-electron chi connectivity index (χ2n) is 4.46. The molecule has 0 radical (unpaired) electrons. The molecule has 0 spiro atoms. The summed E-state index contributed by atoms with van der Waals surface area (Å²) in [7, 11) is 0. The van der Waals surface area contributed by atoms with Crippen LogP contribution in [-0.4, -0.2) is 26.8 Å². The number of hydrogen-bond acceptors (Lipinski definition) is 6. The normalized spacial score (nSPS) is 10.5. The third-order valence-electron chi connectivity index (χ3n) is 2.77. The summed E-state index contributed by atoms with van der Waals surface area (Å²) >= 11 is 4.55. The van der Waals surface area contributed by atoms with E-state index in [0.29, 0.717) is 11.1 Å². The standard InChI is InChI=1S/C15H11BrN4O2S/c16-11-2-1-3-12(8-11)18-13(21)9-23-15-20-19-14(22-15)10-4-6-17-7-5-10/h1-8H,9H2,(H,18,21). The summed E-state index contributed by atoms with van der Waals surface area (Å²) in [6, 6.07) is 11.0. The first-order valence-corrected chi connectivity index (χ1v) is 8.41. The highest BCUT2D eigenvalue weighted by molar-refractivity contribution is 9.10. The first-order valence-electron chi connectivity index (χ1n) is 6.63. The molecule has 23 heavy (non-hydrogen) atoms. The molecule has 0 fully saturated rings. The molecule has 1 aromatic carbocycles. The average molecular weight is 391 g/mol. The largest absolute Gasteiger partial charge is 0.411 e. The van der Waals surface area contributed by atoms with E-state index in [0.717, 1.165) is 15.7 Å². The summed E-state index contributed by atoms with van der Waals surface area (Å²) in [6.45, 7) is 0. The fraction of sp³-hybridized carbons (Fsp3) is 0.0667. The van der Waals surface area contributed by atoms with Crippen LogP contribution in [0.1, 0.15) is 0 Å². The lowest BCUT2D eigenvalue weighted by molar-refractivity contribution is -0.113. The maximum absolute atomic E-state index is 11.9. The molecule has 0 aliphatic heterocycles. The quantitative estimate of drug-likeness (QED) is 0.669. The van der Waals surface area contributed by atoms with Gasteiger partial charge in [0.15, 0.2) is 0 Å². The van der Waals surface area contributed by atoms with Crippen molar-refractivity contribution in [2.75, 3.05) is 11.1 Å². The molecule has 0 unspecified atom stereocenters. The van der Waals surface area contributed by atoms with Crippen molar-refractivity contribution >= 4 is 39.3 Å². The first kappa shape index (κ1) is 15.7. The van der Waals surface area contributed by atoms with Gasteiger partial charge in [-0.05, 0) is 30.3 Å². The molecule has 116 valence electrons. The van der Waals surface area contributed by atoms with Gasteiger partial charge in [-0.3, -0.25) is 9.78 Å². The summed E-state index contributed by atoms with van der Waals surface area (Å²) in [5.74, 6) is 0.448. The molecule has 6 nitrogen and oxygen atoms in total. The minimum absolute atomic E-state index is 0.142. The highest BCUT2D eigenvalue weighted by atomic mass is 79.9. The monoisotopic (exact) mass is 390 g/mol. The Morgan fingerprint density at radius 2 is 2.04 bits per heavy atom. The van der Waals surface area contributed by atoms with E-state index in [1.54, 1.807) is 24.5 Å². The van der Waals surface area contributed by atoms with Crippen molar-refractivity contribution in [2.24, 2.45) is 0 Å². The first-order chi connectivity index (χ1) is 11.2. The number of anilines is 1. The molecule has 0 saturated heterocycles. The third kappa shape index (κ3) is 4.40. The van der Waals surface area contributed by atoms with Crippen molar-refractivity contribution < 1.29 is 9.21 Å². The number of halogens is 1. The van der Waals surface area contributed by atoms with Crippen LogP contribution < -0.4 is 5.32 Å². The summed E-state index contributed by atoms with van der Waals surface area (Å²) < 4.78 is 6.42. The minimum atomic E-state index is -0.142. The van der Waals surface area contributed by atoms with Crippen LogP contribution in [0.15, 0.2) is 62.9 Å². The Balaban J connectivity index is 1.56. The van der Waals surface area contributed by atoms with Gasteiger partial charge >= 0.3 is 0 Å². The smallest absolute Gasteiger partial charge is 0.277 e. The van der Waals surface area contributed by atoms with Crippen LogP contribution in [0.4, 0.5) is 5.69 Å². The summed E-state index contributed by atoms with van der Waals surface area (Å²) in [4.78, 5) is 15.9. The number of carbonyl (C=O) groups is 1. The molecule has 1 amide bonds. The number of nitrogens with one attached hydrogen (secondary N) is 1. The Morgan fingerprint density at radius 3 is 2.83 bits per heavy atom. The van der Waals surface area contributed by atoms with E-state index in [1.165, 1.54) is 11.8 Å². The maximum atomic E-state index is 11.9. The van der Waals surface area contributed by atoms with E-state index in [4.69, 9.17) is 4.42 Å². The molecule has 0 aliphatic carbocycles. The molecule has 3 aromatic rings. The van der Waals surface area contributed by atoms with Crippen molar-refractivity contribution in [3.05, 3.63) is 53.3 Å². The van der Waals surface area contributed by atoms with Crippen molar-refractivity contribution in [1.29, 1.82) is 0 Å². The van der Waals surface area contributed by atoms with Crippen LogP contribution in [0, 0.1) is 0 Å². The SMILES string of the molecule is O=C(CSc1nnc(-c2ccncc2)o1)Nc1cccc(Br)c1. The molecule has 2 aromatic heterocycles. The van der Waals surface area contributed by atoms with Gasteiger partial charge in [0.2, 0.25) is 11.8 Å². The number of thioether (sulfide) groups is 1. The Bertz CT molecular complexity index is 810. The van der Waals surface area contributed by atoms with E-state index >= 15 is 0 Å². The second kappa shape index (κ2) is 7.38. The molecule has 2 heterocycles. The van der Waals surface area contributed by atoms with Gasteiger partial charge in [0.1, 0.15) is 0 Å². The van der Waals surface area contributed by atoms with Crippen molar-refractivity contribution in [3.63, 3.8) is 0 Å². The predicted octanol–water partition coefficient (Wildman–Crippen LogP) is 3.62. The summed E-state index contributed by atoms with van der Waals surface area (Å²) in [6.07, 6.45) is 3.30. The Morgan fingerprint density at radius 1 is 1.22 bits per heavy atom. The Labute approximate surface area is 144 Å². The van der Waals surface area contributed by atoms with Crippen molar-refractivity contribution in [3.8, 4) is 11.5 Å². The number of carbonyl (C=O) groups excluding carboxylic acids is 1. The fourth-order valence-corrected chi connectivity index (χ4v) is 2.73. The van der Waals surface area contributed by atoms with Crippen LogP contribution in [0.25, 0.3) is 11.5 Å².